The Bertz CT molecular complexity index is 1370. The first-order chi connectivity index (χ1) is 18.4. The lowest BCUT2D eigenvalue weighted by atomic mass is 10.1. The van der Waals surface area contributed by atoms with E-state index < -0.39 is 17.0 Å². The Hall–Kier alpha value is -3.75. The minimum absolute atomic E-state index is 0.0148. The van der Waals surface area contributed by atoms with Gasteiger partial charge in [-0.15, -0.1) is 0 Å². The average Bonchev–Trinajstić information content (AvgIpc) is 3.20. The number of hydrogen-bond acceptors (Lipinski definition) is 5. The quantitative estimate of drug-likeness (QED) is 0.390. The molecule has 2 aliphatic rings. The molecular formula is C30H28FN3O3S. The van der Waals surface area contributed by atoms with Crippen LogP contribution in [0.5, 0.6) is 0 Å². The van der Waals surface area contributed by atoms with Gasteiger partial charge in [0.05, 0.1) is 11.4 Å². The summed E-state index contributed by atoms with van der Waals surface area (Å²) in [5.41, 5.74) is 3.13. The largest absolute Gasteiger partial charge is 0.336 e. The Balaban J connectivity index is 1.19. The van der Waals surface area contributed by atoms with Gasteiger partial charge in [0.2, 0.25) is 0 Å². The predicted molar refractivity (Wildman–Crippen MR) is 147 cm³/mol. The summed E-state index contributed by atoms with van der Waals surface area (Å²) >= 11 is 0.859. The maximum atomic E-state index is 13.5. The van der Waals surface area contributed by atoms with Gasteiger partial charge in [0.25, 0.3) is 17.1 Å². The second-order valence-electron chi connectivity index (χ2n) is 9.43. The Morgan fingerprint density at radius 1 is 0.947 bits per heavy atom. The molecule has 0 saturated carbocycles. The molecule has 2 heterocycles. The molecule has 2 fully saturated rings. The maximum absolute atomic E-state index is 13.5. The highest BCUT2D eigenvalue weighted by molar-refractivity contribution is 8.18. The summed E-state index contributed by atoms with van der Waals surface area (Å²) in [5.74, 6) is -0.839. The second-order valence-corrected chi connectivity index (χ2v) is 10.4. The third kappa shape index (κ3) is 5.71. The predicted octanol–water partition coefficient (Wildman–Crippen LogP) is 5.58. The van der Waals surface area contributed by atoms with Crippen LogP contribution in [0, 0.1) is 5.82 Å². The van der Waals surface area contributed by atoms with Crippen LogP contribution < -0.4 is 0 Å². The molecule has 6 nitrogen and oxygen atoms in total. The fourth-order valence-corrected chi connectivity index (χ4v) is 5.60. The van der Waals surface area contributed by atoms with Gasteiger partial charge in [0.1, 0.15) is 5.82 Å². The first-order valence-electron chi connectivity index (χ1n) is 12.6. The van der Waals surface area contributed by atoms with Crippen molar-refractivity contribution in [2.24, 2.45) is 0 Å². The van der Waals surface area contributed by atoms with Gasteiger partial charge in [-0.25, -0.2) is 4.39 Å². The summed E-state index contributed by atoms with van der Waals surface area (Å²) in [6.07, 6.45) is 1.65. The lowest BCUT2D eigenvalue weighted by Crippen LogP contribution is -2.49. The zero-order chi connectivity index (χ0) is 26.6. The molecule has 5 rings (SSSR count). The molecule has 3 amide bonds. The van der Waals surface area contributed by atoms with Gasteiger partial charge in [-0.1, -0.05) is 54.6 Å². The molecule has 194 valence electrons. The number of thioether (sulfide) groups is 1. The summed E-state index contributed by atoms with van der Waals surface area (Å²) < 4.78 is 13.5. The highest BCUT2D eigenvalue weighted by Gasteiger charge is 2.35. The van der Waals surface area contributed by atoms with Crippen LogP contribution in [-0.2, 0) is 11.3 Å². The minimum Gasteiger partial charge on any atom is -0.336 e. The number of piperazine rings is 1. The van der Waals surface area contributed by atoms with Crippen molar-refractivity contribution in [2.45, 2.75) is 19.5 Å². The molecule has 38 heavy (non-hydrogen) atoms. The highest BCUT2D eigenvalue weighted by atomic mass is 32.2. The van der Waals surface area contributed by atoms with Gasteiger partial charge in [0.15, 0.2) is 0 Å². The van der Waals surface area contributed by atoms with Crippen LogP contribution in [0.25, 0.3) is 6.08 Å². The van der Waals surface area contributed by atoms with E-state index in [1.165, 1.54) is 17.7 Å². The van der Waals surface area contributed by atoms with Gasteiger partial charge in [-0.05, 0) is 65.7 Å². The Kier molecular flexibility index (Phi) is 7.72. The minimum atomic E-state index is -0.414. The molecule has 0 aliphatic carbocycles. The van der Waals surface area contributed by atoms with Crippen LogP contribution in [0.3, 0.4) is 0 Å². The number of benzene rings is 3. The van der Waals surface area contributed by atoms with E-state index in [1.807, 2.05) is 23.1 Å². The molecule has 0 spiro atoms. The Morgan fingerprint density at radius 2 is 1.66 bits per heavy atom. The number of rotatable bonds is 6. The topological polar surface area (TPSA) is 60.9 Å². The summed E-state index contributed by atoms with van der Waals surface area (Å²) in [6.45, 7) is 5.16. The monoisotopic (exact) mass is 529 g/mol. The van der Waals surface area contributed by atoms with Gasteiger partial charge in [-0.2, -0.15) is 0 Å². The summed E-state index contributed by atoms with van der Waals surface area (Å²) in [5, 5.41) is -0.391. The van der Waals surface area contributed by atoms with Crippen molar-refractivity contribution in [3.8, 4) is 0 Å². The van der Waals surface area contributed by atoms with Crippen LogP contribution in [0.1, 0.15) is 40.0 Å². The van der Waals surface area contributed by atoms with Crippen molar-refractivity contribution in [2.75, 3.05) is 26.2 Å². The lowest BCUT2D eigenvalue weighted by molar-refractivity contribution is -0.123. The van der Waals surface area contributed by atoms with E-state index in [9.17, 15) is 18.8 Å². The van der Waals surface area contributed by atoms with Crippen LogP contribution in [0.2, 0.25) is 0 Å². The third-order valence-corrected chi connectivity index (χ3v) is 7.90. The molecule has 2 aliphatic heterocycles. The molecule has 1 atom stereocenters. The van der Waals surface area contributed by atoms with Gasteiger partial charge in [0, 0.05) is 37.8 Å². The number of carbonyl (C=O) groups is 3. The molecule has 3 aromatic carbocycles. The molecule has 3 aromatic rings. The first-order valence-corrected chi connectivity index (χ1v) is 13.4. The van der Waals surface area contributed by atoms with Crippen LogP contribution in [0.15, 0.2) is 83.8 Å². The Labute approximate surface area is 225 Å². The molecule has 0 N–H and O–H groups in total. The van der Waals surface area contributed by atoms with E-state index in [2.05, 4.69) is 24.0 Å². The van der Waals surface area contributed by atoms with E-state index in [4.69, 9.17) is 0 Å². The fraction of sp³-hybridized carbons (Fsp3) is 0.233. The zero-order valence-corrected chi connectivity index (χ0v) is 21.9. The number of nitrogens with zero attached hydrogens (tertiary/aromatic N) is 3. The number of hydrogen-bond donors (Lipinski definition) is 0. The van der Waals surface area contributed by atoms with Crippen LogP contribution in [0.4, 0.5) is 9.18 Å². The number of imide groups is 1. The summed E-state index contributed by atoms with van der Waals surface area (Å²) in [4.78, 5) is 44.0. The van der Waals surface area contributed by atoms with Crippen LogP contribution in [-0.4, -0.2) is 57.9 Å². The van der Waals surface area contributed by atoms with Gasteiger partial charge >= 0.3 is 0 Å². The third-order valence-electron chi connectivity index (χ3n) is 6.99. The van der Waals surface area contributed by atoms with Crippen LogP contribution >= 0.6 is 11.8 Å². The average molecular weight is 530 g/mol. The van der Waals surface area contributed by atoms with Crippen molar-refractivity contribution >= 4 is 34.9 Å². The smallest absolute Gasteiger partial charge is 0.293 e. The standard InChI is InChI=1S/C30H28FN3O3S/c1-21(24-7-3-2-4-8-24)32-14-16-33(17-15-32)28(35)25-12-10-22(11-13-25)19-27-29(36)34(30(37)38-27)20-23-6-5-9-26(31)18-23/h2-13,18-19,21H,14-17,20H2,1H3/b27-19-/t21-/m0/s1. The summed E-state index contributed by atoms with van der Waals surface area (Å²) in [7, 11) is 0. The maximum Gasteiger partial charge on any atom is 0.293 e. The van der Waals surface area contributed by atoms with Crippen molar-refractivity contribution in [1.29, 1.82) is 0 Å². The fourth-order valence-electron chi connectivity index (χ4n) is 4.76. The zero-order valence-electron chi connectivity index (χ0n) is 21.0. The van der Waals surface area contributed by atoms with Crippen molar-refractivity contribution in [3.05, 3.63) is 112 Å². The molecule has 8 heteroatoms. The molecule has 0 aromatic heterocycles. The Morgan fingerprint density at radius 3 is 2.34 bits per heavy atom. The first kappa shape index (κ1) is 25.9. The van der Waals surface area contributed by atoms with E-state index in [0.717, 1.165) is 35.3 Å². The molecule has 0 radical (unpaired) electrons. The molecular weight excluding hydrogens is 501 g/mol. The van der Waals surface area contributed by atoms with E-state index in [-0.39, 0.29) is 12.5 Å². The summed E-state index contributed by atoms with van der Waals surface area (Å²) in [6, 6.07) is 23.6. The highest BCUT2D eigenvalue weighted by Crippen LogP contribution is 2.33. The lowest BCUT2D eigenvalue weighted by Gasteiger charge is -2.38. The molecule has 0 bridgehead atoms. The molecule has 0 unspecified atom stereocenters. The second kappa shape index (κ2) is 11.3. The van der Waals surface area contributed by atoms with Crippen molar-refractivity contribution in [1.82, 2.24) is 14.7 Å². The van der Waals surface area contributed by atoms with Crippen molar-refractivity contribution < 1.29 is 18.8 Å². The van der Waals surface area contributed by atoms with Crippen molar-refractivity contribution in [3.63, 3.8) is 0 Å². The normalized spacial score (nSPS) is 18.3. The van der Waals surface area contributed by atoms with E-state index >= 15 is 0 Å². The molecule has 2 saturated heterocycles. The van der Waals surface area contributed by atoms with Gasteiger partial charge < -0.3 is 4.90 Å². The van der Waals surface area contributed by atoms with E-state index in [1.54, 1.807) is 42.5 Å². The van der Waals surface area contributed by atoms with Gasteiger partial charge in [-0.3, -0.25) is 24.2 Å². The number of carbonyl (C=O) groups excluding carboxylic acids is 3. The van der Waals surface area contributed by atoms with E-state index in [0.29, 0.717) is 35.2 Å². The number of amides is 3. The number of halogens is 1. The SMILES string of the molecule is C[C@@H](c1ccccc1)N1CCN(C(=O)c2ccc(/C=C3\SC(=O)N(Cc4cccc(F)c4)C3=O)cc2)CC1.